The van der Waals surface area contributed by atoms with Crippen molar-refractivity contribution < 1.29 is 9.53 Å². The molecule has 20 heavy (non-hydrogen) atoms. The molecule has 2 aliphatic rings. The number of amides is 2. The maximum atomic E-state index is 12.3. The summed E-state index contributed by atoms with van der Waals surface area (Å²) in [6.07, 6.45) is 6.13. The van der Waals surface area contributed by atoms with Crippen molar-refractivity contribution >= 4 is 6.03 Å². The highest BCUT2D eigenvalue weighted by molar-refractivity contribution is 5.74. The van der Waals surface area contributed by atoms with E-state index in [9.17, 15) is 4.79 Å². The highest BCUT2D eigenvalue weighted by Crippen LogP contribution is 2.27. The second-order valence-corrected chi connectivity index (χ2v) is 5.33. The lowest BCUT2D eigenvalue weighted by molar-refractivity contribution is 0.0520. The number of hydrogen-bond acceptors (Lipinski definition) is 4. The Labute approximate surface area is 118 Å². The first kappa shape index (κ1) is 13.3. The Kier molecular flexibility index (Phi) is 4.11. The van der Waals surface area contributed by atoms with Crippen molar-refractivity contribution in [2.75, 3.05) is 13.2 Å². The van der Waals surface area contributed by atoms with E-state index in [4.69, 9.17) is 4.74 Å². The molecular weight excluding hydrogens is 256 g/mol. The van der Waals surface area contributed by atoms with Gasteiger partial charge in [0.1, 0.15) is 0 Å². The van der Waals surface area contributed by atoms with Crippen molar-refractivity contribution in [3.63, 3.8) is 0 Å². The average molecular weight is 276 g/mol. The molecule has 0 saturated carbocycles. The summed E-state index contributed by atoms with van der Waals surface area (Å²) in [4.78, 5) is 14.2. The molecule has 0 spiro atoms. The lowest BCUT2D eigenvalue weighted by Gasteiger charge is -2.28. The maximum absolute atomic E-state index is 12.3. The molecule has 1 aromatic rings. The van der Waals surface area contributed by atoms with E-state index in [1.807, 2.05) is 17.0 Å². The van der Waals surface area contributed by atoms with Gasteiger partial charge in [0.25, 0.3) is 0 Å². The smallest absolute Gasteiger partial charge is 0.318 e. The first-order valence-corrected chi connectivity index (χ1v) is 7.27. The quantitative estimate of drug-likeness (QED) is 0.904. The molecule has 0 radical (unpaired) electrons. The van der Waals surface area contributed by atoms with Gasteiger partial charge in [-0.15, -0.1) is 0 Å². The van der Waals surface area contributed by atoms with E-state index in [0.717, 1.165) is 44.5 Å². The zero-order valence-electron chi connectivity index (χ0n) is 11.5. The van der Waals surface area contributed by atoms with Crippen molar-refractivity contribution in [3.8, 4) is 0 Å². The monoisotopic (exact) mass is 276 g/mol. The van der Waals surface area contributed by atoms with Crippen LogP contribution in [0, 0.1) is 0 Å². The largest absolute Gasteiger partial charge is 0.376 e. The molecular formula is C14H20N4O2. The Bertz CT molecular complexity index is 448. The lowest BCUT2D eigenvalue weighted by atomic mass is 10.1. The molecule has 2 aliphatic heterocycles. The van der Waals surface area contributed by atoms with Gasteiger partial charge in [-0.1, -0.05) is 0 Å². The summed E-state index contributed by atoms with van der Waals surface area (Å²) in [6, 6.07) is 3.89. The summed E-state index contributed by atoms with van der Waals surface area (Å²) in [6.45, 7) is 2.06. The molecule has 0 aromatic carbocycles. The minimum absolute atomic E-state index is 0.0198. The Morgan fingerprint density at radius 2 is 2.40 bits per heavy atom. The maximum Gasteiger partial charge on any atom is 0.318 e. The Morgan fingerprint density at radius 1 is 1.45 bits per heavy atom. The predicted molar refractivity (Wildman–Crippen MR) is 73.0 cm³/mol. The molecule has 1 N–H and O–H groups in total. The van der Waals surface area contributed by atoms with E-state index in [1.165, 1.54) is 0 Å². The Balaban J connectivity index is 1.55. The number of carbonyl (C=O) groups is 1. The molecule has 0 unspecified atom stereocenters. The van der Waals surface area contributed by atoms with Gasteiger partial charge in [-0.05, 0) is 37.8 Å². The van der Waals surface area contributed by atoms with Gasteiger partial charge in [-0.25, -0.2) is 4.79 Å². The van der Waals surface area contributed by atoms with Crippen LogP contribution < -0.4 is 5.32 Å². The van der Waals surface area contributed by atoms with Gasteiger partial charge >= 0.3 is 6.03 Å². The first-order valence-electron chi connectivity index (χ1n) is 7.27. The fourth-order valence-corrected chi connectivity index (χ4v) is 3.03. The molecule has 6 heteroatoms. The molecule has 1 aromatic heterocycles. The van der Waals surface area contributed by atoms with Crippen LogP contribution in [0.3, 0.4) is 0 Å². The minimum atomic E-state index is -0.0198. The molecule has 2 amide bonds. The standard InChI is InChI=1S/C14H20N4O2/c19-14(15-10-11-4-1-7-16-17-11)18-8-2-5-12(18)13-6-3-9-20-13/h1,4,7,12-13H,2-3,5-6,8-10H2,(H,15,19)/t12-,13-/m1/s1. The van der Waals surface area contributed by atoms with Crippen molar-refractivity contribution in [1.82, 2.24) is 20.4 Å². The summed E-state index contributed by atoms with van der Waals surface area (Å²) >= 11 is 0. The summed E-state index contributed by atoms with van der Waals surface area (Å²) < 4.78 is 5.74. The van der Waals surface area contributed by atoms with Gasteiger partial charge in [0, 0.05) is 19.3 Å². The third kappa shape index (κ3) is 2.90. The zero-order chi connectivity index (χ0) is 13.8. The van der Waals surface area contributed by atoms with E-state index in [2.05, 4.69) is 15.5 Å². The van der Waals surface area contributed by atoms with Crippen LogP contribution in [0.4, 0.5) is 4.79 Å². The van der Waals surface area contributed by atoms with Crippen molar-refractivity contribution in [2.24, 2.45) is 0 Å². The van der Waals surface area contributed by atoms with E-state index in [0.29, 0.717) is 6.54 Å². The molecule has 0 bridgehead atoms. The number of likely N-dealkylation sites (tertiary alicyclic amines) is 1. The predicted octanol–water partition coefficient (Wildman–Crippen LogP) is 1.33. The van der Waals surface area contributed by atoms with Crippen LogP contribution in [0.2, 0.25) is 0 Å². The number of hydrogen-bond donors (Lipinski definition) is 1. The van der Waals surface area contributed by atoms with Gasteiger partial charge in [0.15, 0.2) is 0 Å². The van der Waals surface area contributed by atoms with Crippen LogP contribution in [0.15, 0.2) is 18.3 Å². The van der Waals surface area contributed by atoms with Crippen LogP contribution in [-0.4, -0.2) is 46.4 Å². The summed E-state index contributed by atoms with van der Waals surface area (Å²) in [5.41, 5.74) is 0.772. The average Bonchev–Trinajstić information content (AvgIpc) is 3.15. The number of nitrogens with zero attached hydrogens (tertiary/aromatic N) is 3. The summed E-state index contributed by atoms with van der Waals surface area (Å²) in [7, 11) is 0. The van der Waals surface area contributed by atoms with E-state index in [1.54, 1.807) is 6.20 Å². The van der Waals surface area contributed by atoms with Crippen LogP contribution in [0.5, 0.6) is 0 Å². The number of aromatic nitrogens is 2. The Hall–Kier alpha value is -1.69. The fourth-order valence-electron chi connectivity index (χ4n) is 3.03. The number of ether oxygens (including phenoxy) is 1. The van der Waals surface area contributed by atoms with Crippen molar-refractivity contribution in [3.05, 3.63) is 24.0 Å². The first-order chi connectivity index (χ1) is 9.84. The van der Waals surface area contributed by atoms with E-state index < -0.39 is 0 Å². The SMILES string of the molecule is O=C(NCc1cccnn1)N1CCC[C@@H]1[C@H]1CCCO1. The number of rotatable bonds is 3. The molecule has 2 saturated heterocycles. The molecule has 0 aliphatic carbocycles. The van der Waals surface area contributed by atoms with Gasteiger partial charge in [0.05, 0.1) is 24.4 Å². The highest BCUT2D eigenvalue weighted by Gasteiger charge is 2.36. The third-order valence-corrected chi connectivity index (χ3v) is 4.00. The molecule has 3 heterocycles. The van der Waals surface area contributed by atoms with Crippen molar-refractivity contribution in [1.29, 1.82) is 0 Å². The molecule has 2 atom stereocenters. The topological polar surface area (TPSA) is 67.4 Å². The normalized spacial score (nSPS) is 25.9. The zero-order valence-corrected chi connectivity index (χ0v) is 11.5. The van der Waals surface area contributed by atoms with Crippen LogP contribution in [0.1, 0.15) is 31.4 Å². The molecule has 6 nitrogen and oxygen atoms in total. The molecule has 108 valence electrons. The minimum Gasteiger partial charge on any atom is -0.376 e. The number of urea groups is 1. The van der Waals surface area contributed by atoms with Crippen molar-refractivity contribution in [2.45, 2.75) is 44.4 Å². The highest BCUT2D eigenvalue weighted by atomic mass is 16.5. The summed E-state index contributed by atoms with van der Waals surface area (Å²) in [5.74, 6) is 0. The summed E-state index contributed by atoms with van der Waals surface area (Å²) in [5, 5.41) is 10.7. The van der Waals surface area contributed by atoms with E-state index >= 15 is 0 Å². The van der Waals surface area contributed by atoms with Crippen LogP contribution in [-0.2, 0) is 11.3 Å². The van der Waals surface area contributed by atoms with Gasteiger partial charge in [-0.3, -0.25) is 0 Å². The third-order valence-electron chi connectivity index (χ3n) is 4.00. The lowest BCUT2D eigenvalue weighted by Crippen LogP contribution is -2.47. The van der Waals surface area contributed by atoms with Crippen LogP contribution in [0.25, 0.3) is 0 Å². The fraction of sp³-hybridized carbons (Fsp3) is 0.643. The number of carbonyl (C=O) groups excluding carboxylic acids is 1. The molecule has 3 rings (SSSR count). The second kappa shape index (κ2) is 6.17. The Morgan fingerprint density at radius 3 is 3.15 bits per heavy atom. The number of nitrogens with one attached hydrogen (secondary N) is 1. The second-order valence-electron chi connectivity index (χ2n) is 5.33. The molecule has 2 fully saturated rings. The van der Waals surface area contributed by atoms with Gasteiger partial charge in [-0.2, -0.15) is 10.2 Å². The van der Waals surface area contributed by atoms with Gasteiger partial charge in [0.2, 0.25) is 0 Å². The van der Waals surface area contributed by atoms with Gasteiger partial charge < -0.3 is 15.0 Å². The van der Waals surface area contributed by atoms with E-state index in [-0.39, 0.29) is 18.2 Å². The van der Waals surface area contributed by atoms with Crippen LogP contribution >= 0.6 is 0 Å².